The van der Waals surface area contributed by atoms with Crippen LogP contribution in [0.3, 0.4) is 0 Å². The molecule has 0 saturated carbocycles. The highest BCUT2D eigenvalue weighted by Crippen LogP contribution is 2.35. The minimum atomic E-state index is -0.764. The summed E-state index contributed by atoms with van der Waals surface area (Å²) in [7, 11) is 1.62. The predicted octanol–water partition coefficient (Wildman–Crippen LogP) is 6.18. The van der Waals surface area contributed by atoms with E-state index in [9.17, 15) is 19.4 Å². The lowest BCUT2D eigenvalue weighted by Crippen LogP contribution is -2.41. The van der Waals surface area contributed by atoms with E-state index in [-0.39, 0.29) is 18.2 Å². The number of piperidine rings is 1. The van der Waals surface area contributed by atoms with Crippen LogP contribution in [-0.4, -0.2) is 58.6 Å². The summed E-state index contributed by atoms with van der Waals surface area (Å²) < 4.78 is 19.2. The smallest absolute Gasteiger partial charge is 0.303 e. The first-order valence-corrected chi connectivity index (χ1v) is 14.4. The van der Waals surface area contributed by atoms with Crippen LogP contribution in [0.25, 0.3) is 10.9 Å². The number of aliphatic hydroxyl groups is 1. The quantitative estimate of drug-likeness (QED) is 0.198. The van der Waals surface area contributed by atoms with Gasteiger partial charge >= 0.3 is 5.97 Å². The number of ether oxygens (including phenoxy) is 1. The zero-order valence-electron chi connectivity index (χ0n) is 21.9. The van der Waals surface area contributed by atoms with Crippen molar-refractivity contribution < 1.29 is 24.1 Å². The second-order valence-electron chi connectivity index (χ2n) is 10.1. The first-order chi connectivity index (χ1) is 18.4. The molecule has 1 aliphatic rings. The molecule has 2 heterocycles. The van der Waals surface area contributed by atoms with Crippen LogP contribution in [0.1, 0.15) is 50.2 Å². The van der Waals surface area contributed by atoms with E-state index in [4.69, 9.17) is 4.74 Å². The number of carbonyl (C=O) groups is 1. The number of methoxy groups -OCH3 is 1. The Morgan fingerprint density at radius 2 is 2.05 bits per heavy atom. The maximum Gasteiger partial charge on any atom is 0.303 e. The van der Waals surface area contributed by atoms with Crippen molar-refractivity contribution in [2.24, 2.45) is 11.8 Å². The Balaban J connectivity index is 1.32. The van der Waals surface area contributed by atoms with Crippen LogP contribution in [0.2, 0.25) is 0 Å². The van der Waals surface area contributed by atoms with E-state index in [0.29, 0.717) is 23.7 Å². The Morgan fingerprint density at radius 1 is 1.21 bits per heavy atom. The van der Waals surface area contributed by atoms with Crippen molar-refractivity contribution >= 4 is 28.6 Å². The summed E-state index contributed by atoms with van der Waals surface area (Å²) in [4.78, 5) is 18.8. The minimum Gasteiger partial charge on any atom is -0.497 e. The SMILES string of the molecule is COc1ccc2nccc([C@H](O)CC[C@@H]3CCN(CCCSc4ccccc4F)C[C@H]3CCC(=O)O)c2c1. The standard InChI is InChI=1S/C30H37FN2O4S/c1-37-23-9-10-27-25(19-23)24(13-15-32-27)28(34)11-7-21-14-17-33(20-22(21)8-12-30(35)36)16-4-18-38-29-6-3-2-5-26(29)31/h2-3,5-6,9-10,13,15,19,21-22,28,34H,4,7-8,11-12,14,16-18,20H2,1H3,(H,35,36)/t21-,22-,28-/m1/s1. The molecule has 38 heavy (non-hydrogen) atoms. The molecule has 8 heteroatoms. The lowest BCUT2D eigenvalue weighted by atomic mass is 9.79. The van der Waals surface area contributed by atoms with Gasteiger partial charge in [0, 0.05) is 29.4 Å². The minimum absolute atomic E-state index is 0.162. The number of benzene rings is 2. The van der Waals surface area contributed by atoms with Gasteiger partial charge in [-0.2, -0.15) is 0 Å². The van der Waals surface area contributed by atoms with E-state index in [1.807, 2.05) is 36.4 Å². The number of nitrogens with zero attached hydrogens (tertiary/aromatic N) is 2. The third-order valence-electron chi connectivity index (χ3n) is 7.57. The molecule has 1 aliphatic heterocycles. The number of hydrogen-bond donors (Lipinski definition) is 2. The fourth-order valence-corrected chi connectivity index (χ4v) is 6.37. The highest BCUT2D eigenvalue weighted by atomic mass is 32.2. The monoisotopic (exact) mass is 540 g/mol. The molecule has 1 fully saturated rings. The number of rotatable bonds is 13. The van der Waals surface area contributed by atoms with Gasteiger partial charge in [-0.25, -0.2) is 4.39 Å². The zero-order valence-corrected chi connectivity index (χ0v) is 22.7. The number of halogens is 1. The lowest BCUT2D eigenvalue weighted by Gasteiger charge is -2.39. The number of likely N-dealkylation sites (tertiary alicyclic amines) is 1. The third-order valence-corrected chi connectivity index (χ3v) is 8.70. The number of hydrogen-bond acceptors (Lipinski definition) is 6. The van der Waals surface area contributed by atoms with Gasteiger partial charge in [0.05, 0.1) is 18.7 Å². The summed E-state index contributed by atoms with van der Waals surface area (Å²) in [6, 6.07) is 14.4. The van der Waals surface area contributed by atoms with Gasteiger partial charge in [0.25, 0.3) is 0 Å². The Morgan fingerprint density at radius 3 is 2.84 bits per heavy atom. The number of fused-ring (bicyclic) bond motifs is 1. The molecule has 0 amide bonds. The van der Waals surface area contributed by atoms with Gasteiger partial charge in [-0.3, -0.25) is 9.78 Å². The molecule has 1 aromatic heterocycles. The Hall–Kier alpha value is -2.68. The van der Waals surface area contributed by atoms with Crippen LogP contribution in [0.15, 0.2) is 59.6 Å². The summed E-state index contributed by atoms with van der Waals surface area (Å²) in [6.07, 6.45) is 5.31. The maximum atomic E-state index is 13.9. The molecule has 2 aromatic carbocycles. The molecular weight excluding hydrogens is 503 g/mol. The first kappa shape index (κ1) is 28.3. The van der Waals surface area contributed by atoms with Crippen molar-refractivity contribution in [2.45, 2.75) is 49.5 Å². The van der Waals surface area contributed by atoms with Crippen LogP contribution >= 0.6 is 11.8 Å². The molecule has 1 saturated heterocycles. The lowest BCUT2D eigenvalue weighted by molar-refractivity contribution is -0.137. The number of aliphatic carboxylic acids is 1. The molecule has 204 valence electrons. The van der Waals surface area contributed by atoms with Crippen molar-refractivity contribution in [1.29, 1.82) is 0 Å². The van der Waals surface area contributed by atoms with Gasteiger partial charge in [-0.05, 0) is 105 Å². The van der Waals surface area contributed by atoms with Crippen LogP contribution in [0, 0.1) is 17.7 Å². The average Bonchev–Trinajstić information content (AvgIpc) is 2.93. The second kappa shape index (κ2) is 13.9. The van der Waals surface area contributed by atoms with E-state index in [2.05, 4.69) is 9.88 Å². The Bertz CT molecular complexity index is 1210. The highest BCUT2D eigenvalue weighted by molar-refractivity contribution is 7.99. The van der Waals surface area contributed by atoms with Crippen molar-refractivity contribution in [1.82, 2.24) is 9.88 Å². The van der Waals surface area contributed by atoms with E-state index in [1.165, 1.54) is 6.07 Å². The fourth-order valence-electron chi connectivity index (χ4n) is 5.50. The summed E-state index contributed by atoms with van der Waals surface area (Å²) in [5.41, 5.74) is 1.67. The van der Waals surface area contributed by atoms with E-state index < -0.39 is 12.1 Å². The number of pyridine rings is 1. The molecule has 0 aliphatic carbocycles. The Labute approximate surface area is 228 Å². The number of aromatic nitrogens is 1. The molecule has 0 bridgehead atoms. The first-order valence-electron chi connectivity index (χ1n) is 13.4. The normalized spacial score (nSPS) is 18.9. The van der Waals surface area contributed by atoms with E-state index in [1.54, 1.807) is 31.1 Å². The van der Waals surface area contributed by atoms with Gasteiger partial charge < -0.3 is 19.8 Å². The molecule has 0 unspecified atom stereocenters. The van der Waals surface area contributed by atoms with Crippen molar-refractivity contribution in [3.05, 3.63) is 66.1 Å². The van der Waals surface area contributed by atoms with E-state index >= 15 is 0 Å². The summed E-state index contributed by atoms with van der Waals surface area (Å²) in [5, 5.41) is 21.3. The molecule has 3 atom stereocenters. The van der Waals surface area contributed by atoms with Gasteiger partial charge in [0.1, 0.15) is 11.6 Å². The zero-order chi connectivity index (χ0) is 26.9. The summed E-state index contributed by atoms with van der Waals surface area (Å²) in [6.45, 7) is 2.75. The van der Waals surface area contributed by atoms with Crippen LogP contribution < -0.4 is 4.74 Å². The molecule has 3 aromatic rings. The Kier molecular flexibility index (Phi) is 10.4. The summed E-state index contributed by atoms with van der Waals surface area (Å²) >= 11 is 1.54. The molecule has 4 rings (SSSR count). The topological polar surface area (TPSA) is 82.9 Å². The van der Waals surface area contributed by atoms with E-state index in [0.717, 1.165) is 66.9 Å². The van der Waals surface area contributed by atoms with Gasteiger partial charge in [0.2, 0.25) is 0 Å². The fraction of sp³-hybridized carbons (Fsp3) is 0.467. The third kappa shape index (κ3) is 7.68. The van der Waals surface area contributed by atoms with Gasteiger partial charge in [-0.1, -0.05) is 12.1 Å². The predicted molar refractivity (Wildman–Crippen MR) is 149 cm³/mol. The highest BCUT2D eigenvalue weighted by Gasteiger charge is 2.30. The largest absolute Gasteiger partial charge is 0.497 e. The molecule has 2 N–H and O–H groups in total. The number of aliphatic hydroxyl groups excluding tert-OH is 1. The van der Waals surface area contributed by atoms with Crippen molar-refractivity contribution in [2.75, 3.05) is 32.5 Å². The molecule has 0 spiro atoms. The van der Waals surface area contributed by atoms with Crippen molar-refractivity contribution in [3.63, 3.8) is 0 Å². The molecule has 6 nitrogen and oxygen atoms in total. The number of thioether (sulfide) groups is 1. The van der Waals surface area contributed by atoms with Crippen LogP contribution in [0.4, 0.5) is 4.39 Å². The number of carboxylic acid groups (broad SMARTS) is 1. The average molecular weight is 541 g/mol. The van der Waals surface area contributed by atoms with Gasteiger partial charge in [-0.15, -0.1) is 11.8 Å². The van der Waals surface area contributed by atoms with Gasteiger partial charge in [0.15, 0.2) is 0 Å². The maximum absolute atomic E-state index is 13.9. The second-order valence-corrected chi connectivity index (χ2v) is 11.2. The molecular formula is C30H37FN2O4S. The number of carboxylic acids is 1. The van der Waals surface area contributed by atoms with Crippen molar-refractivity contribution in [3.8, 4) is 5.75 Å². The summed E-state index contributed by atoms with van der Waals surface area (Å²) in [5.74, 6) is 1.29. The van der Waals surface area contributed by atoms with Crippen LogP contribution in [0.5, 0.6) is 5.75 Å². The molecule has 0 radical (unpaired) electrons. The van der Waals surface area contributed by atoms with Crippen LogP contribution in [-0.2, 0) is 4.79 Å².